The number of amidine groups is 1. The molecule has 0 spiro atoms. The van der Waals surface area contributed by atoms with Crippen LogP contribution in [-0.2, 0) is 5.21 Å². The third-order valence-electron chi connectivity index (χ3n) is 4.58. The van der Waals surface area contributed by atoms with E-state index in [1.54, 1.807) is 11.3 Å². The van der Waals surface area contributed by atoms with Crippen molar-refractivity contribution in [2.45, 2.75) is 38.8 Å². The summed E-state index contributed by atoms with van der Waals surface area (Å²) in [6.45, 7) is 7.89. The van der Waals surface area contributed by atoms with Gasteiger partial charge in [-0.25, -0.2) is 0 Å². The summed E-state index contributed by atoms with van der Waals surface area (Å²) in [4.78, 5) is 4.65. The van der Waals surface area contributed by atoms with Gasteiger partial charge >= 0.3 is 0 Å². The monoisotopic (exact) mass is 299 g/mol. The summed E-state index contributed by atoms with van der Waals surface area (Å²) in [7, 11) is 0. The SMILES string of the molecule is CC1(C)N=C(c2ccc(-c3ccsc3)cc2)N([O])C1(C)C. The minimum atomic E-state index is -0.533. The van der Waals surface area contributed by atoms with E-state index in [9.17, 15) is 5.21 Å². The average Bonchev–Trinajstić information content (AvgIpc) is 3.02. The van der Waals surface area contributed by atoms with Gasteiger partial charge in [0.1, 0.15) is 0 Å². The highest BCUT2D eigenvalue weighted by Crippen LogP contribution is 2.38. The number of hydrogen-bond acceptors (Lipinski definition) is 3. The number of aliphatic imine (C=N–C) groups is 1. The number of benzene rings is 1. The van der Waals surface area contributed by atoms with Crippen LogP contribution < -0.4 is 0 Å². The van der Waals surface area contributed by atoms with E-state index >= 15 is 0 Å². The molecule has 0 saturated carbocycles. The van der Waals surface area contributed by atoms with Gasteiger partial charge in [0, 0.05) is 5.56 Å². The Bertz CT molecular complexity index is 669. The molecule has 1 aliphatic heterocycles. The molecule has 3 nitrogen and oxygen atoms in total. The molecule has 1 radical (unpaired) electrons. The Morgan fingerprint density at radius 1 is 0.952 bits per heavy atom. The van der Waals surface area contributed by atoms with Crippen molar-refractivity contribution in [2.24, 2.45) is 4.99 Å². The van der Waals surface area contributed by atoms with Crippen molar-refractivity contribution in [2.75, 3.05) is 0 Å². The molecule has 0 amide bonds. The first-order valence-corrected chi connectivity index (χ1v) is 7.97. The summed E-state index contributed by atoms with van der Waals surface area (Å²) in [5.74, 6) is 0.530. The Balaban J connectivity index is 1.95. The fourth-order valence-electron chi connectivity index (χ4n) is 2.38. The lowest BCUT2D eigenvalue weighted by molar-refractivity contribution is -0.158. The van der Waals surface area contributed by atoms with Gasteiger partial charge in [-0.15, -0.1) is 0 Å². The van der Waals surface area contributed by atoms with Crippen molar-refractivity contribution in [3.05, 3.63) is 46.7 Å². The maximum absolute atomic E-state index is 12.5. The van der Waals surface area contributed by atoms with Crippen LogP contribution in [0.15, 0.2) is 46.1 Å². The predicted octanol–water partition coefficient (Wildman–Crippen LogP) is 4.38. The molecule has 2 heterocycles. The number of rotatable bonds is 2. The Morgan fingerprint density at radius 3 is 2.05 bits per heavy atom. The third-order valence-corrected chi connectivity index (χ3v) is 5.26. The van der Waals surface area contributed by atoms with Gasteiger partial charge in [-0.3, -0.25) is 4.99 Å². The van der Waals surface area contributed by atoms with Gasteiger partial charge < -0.3 is 0 Å². The zero-order valence-electron chi connectivity index (χ0n) is 12.8. The molecule has 0 atom stereocenters. The summed E-state index contributed by atoms with van der Waals surface area (Å²) in [6.07, 6.45) is 0. The minimum Gasteiger partial charge on any atom is -0.257 e. The lowest BCUT2D eigenvalue weighted by Gasteiger charge is -2.35. The second-order valence-electron chi connectivity index (χ2n) is 6.44. The van der Waals surface area contributed by atoms with Crippen LogP contribution in [0.25, 0.3) is 11.1 Å². The maximum atomic E-state index is 12.5. The predicted molar refractivity (Wildman–Crippen MR) is 87.0 cm³/mol. The largest absolute Gasteiger partial charge is 0.257 e. The molecule has 0 unspecified atom stereocenters. The van der Waals surface area contributed by atoms with E-state index in [-0.39, 0.29) is 0 Å². The summed E-state index contributed by atoms with van der Waals surface area (Å²) >= 11 is 1.68. The van der Waals surface area contributed by atoms with E-state index < -0.39 is 11.1 Å². The summed E-state index contributed by atoms with van der Waals surface area (Å²) in [6, 6.07) is 10.2. The molecule has 4 heteroatoms. The number of thiophene rings is 1. The molecule has 3 rings (SSSR count). The summed E-state index contributed by atoms with van der Waals surface area (Å²) < 4.78 is 0. The molecule has 0 N–H and O–H groups in total. The zero-order valence-corrected chi connectivity index (χ0v) is 13.6. The van der Waals surface area contributed by atoms with E-state index in [1.165, 1.54) is 5.56 Å². The number of nitrogens with zero attached hydrogens (tertiary/aromatic N) is 2. The Morgan fingerprint density at radius 2 is 1.57 bits per heavy atom. The fourth-order valence-corrected chi connectivity index (χ4v) is 3.05. The highest BCUT2D eigenvalue weighted by Gasteiger charge is 2.50. The van der Waals surface area contributed by atoms with Gasteiger partial charge in [0.15, 0.2) is 5.84 Å². The normalized spacial score (nSPS) is 19.7. The molecule has 1 aliphatic rings. The van der Waals surface area contributed by atoms with Crippen LogP contribution in [0.5, 0.6) is 0 Å². The van der Waals surface area contributed by atoms with Crippen LogP contribution in [0.4, 0.5) is 0 Å². The van der Waals surface area contributed by atoms with Crippen molar-refractivity contribution < 1.29 is 5.21 Å². The first kappa shape index (κ1) is 14.3. The smallest absolute Gasteiger partial charge is 0.159 e. The number of hydroxylamine groups is 2. The molecular weight excluding hydrogens is 280 g/mol. The number of hydrogen-bond donors (Lipinski definition) is 0. The second-order valence-corrected chi connectivity index (χ2v) is 7.22. The Kier molecular flexibility index (Phi) is 3.19. The van der Waals surface area contributed by atoms with Gasteiger partial charge in [0.2, 0.25) is 0 Å². The van der Waals surface area contributed by atoms with Gasteiger partial charge in [0.05, 0.1) is 11.1 Å². The van der Waals surface area contributed by atoms with Crippen molar-refractivity contribution in [3.63, 3.8) is 0 Å². The van der Waals surface area contributed by atoms with Gasteiger partial charge in [0.25, 0.3) is 0 Å². The Labute approximate surface area is 129 Å². The van der Waals surface area contributed by atoms with Crippen LogP contribution in [-0.4, -0.2) is 22.0 Å². The van der Waals surface area contributed by atoms with Crippen LogP contribution in [0.3, 0.4) is 0 Å². The lowest BCUT2D eigenvalue weighted by Crippen LogP contribution is -2.50. The van der Waals surface area contributed by atoms with Gasteiger partial charge in [-0.05, 0) is 55.6 Å². The Hall–Kier alpha value is -1.65. The molecular formula is C17H19N2OS. The van der Waals surface area contributed by atoms with Crippen molar-refractivity contribution in [1.29, 1.82) is 0 Å². The fraction of sp³-hybridized carbons (Fsp3) is 0.353. The highest BCUT2D eigenvalue weighted by atomic mass is 32.1. The molecule has 0 saturated heterocycles. The van der Waals surface area contributed by atoms with E-state index in [4.69, 9.17) is 0 Å². The molecule has 1 aromatic carbocycles. The van der Waals surface area contributed by atoms with Crippen LogP contribution in [0, 0.1) is 0 Å². The van der Waals surface area contributed by atoms with E-state index in [1.807, 2.05) is 52.0 Å². The highest BCUT2D eigenvalue weighted by molar-refractivity contribution is 7.08. The third kappa shape index (κ3) is 2.19. The quantitative estimate of drug-likeness (QED) is 0.810. The zero-order chi connectivity index (χ0) is 15.3. The van der Waals surface area contributed by atoms with Crippen LogP contribution in [0.1, 0.15) is 33.3 Å². The molecule has 109 valence electrons. The molecule has 2 aromatic rings. The van der Waals surface area contributed by atoms with Gasteiger partial charge in [-0.1, -0.05) is 29.5 Å². The minimum absolute atomic E-state index is 0.393. The molecule has 0 bridgehead atoms. The van der Waals surface area contributed by atoms with E-state index in [0.29, 0.717) is 5.84 Å². The van der Waals surface area contributed by atoms with Crippen LogP contribution in [0.2, 0.25) is 0 Å². The lowest BCUT2D eigenvalue weighted by atomic mass is 9.84. The topological polar surface area (TPSA) is 35.5 Å². The first-order chi connectivity index (χ1) is 9.83. The average molecular weight is 299 g/mol. The van der Waals surface area contributed by atoms with Gasteiger partial charge in [-0.2, -0.15) is 16.4 Å². The van der Waals surface area contributed by atoms with Crippen molar-refractivity contribution in [3.8, 4) is 11.1 Å². The first-order valence-electron chi connectivity index (χ1n) is 7.03. The standard InChI is InChI=1S/C17H19N2OS/c1-16(2)17(3,4)19(20)15(18-16)13-7-5-12(6-8-13)14-9-10-21-11-14/h5-11H,1-4H3. The molecule has 1 aromatic heterocycles. The molecule has 0 fully saturated rings. The molecule has 0 aliphatic carbocycles. The molecule has 21 heavy (non-hydrogen) atoms. The summed E-state index contributed by atoms with van der Waals surface area (Å²) in [5.41, 5.74) is 2.32. The van der Waals surface area contributed by atoms with Crippen molar-refractivity contribution >= 4 is 17.2 Å². The van der Waals surface area contributed by atoms with Crippen LogP contribution >= 0.6 is 11.3 Å². The van der Waals surface area contributed by atoms with E-state index in [2.05, 4.69) is 21.8 Å². The van der Waals surface area contributed by atoms with Crippen molar-refractivity contribution in [1.82, 2.24) is 5.06 Å². The second kappa shape index (κ2) is 4.68. The maximum Gasteiger partial charge on any atom is 0.159 e. The van der Waals surface area contributed by atoms with E-state index in [0.717, 1.165) is 16.2 Å². The summed E-state index contributed by atoms with van der Waals surface area (Å²) in [5, 5.41) is 17.8.